The molecule has 1 saturated heterocycles. The van der Waals surface area contributed by atoms with Crippen molar-refractivity contribution >= 4 is 25.5 Å². The lowest BCUT2D eigenvalue weighted by atomic mass is 10.2. The van der Waals surface area contributed by atoms with E-state index in [0.717, 1.165) is 11.9 Å². The average molecular weight is 380 g/mol. The van der Waals surface area contributed by atoms with E-state index in [9.17, 15) is 16.8 Å². The third-order valence-electron chi connectivity index (χ3n) is 4.23. The number of benzene rings is 2. The van der Waals surface area contributed by atoms with Crippen molar-refractivity contribution < 1.29 is 16.8 Å². The average Bonchev–Trinajstić information content (AvgIpc) is 2.62. The Balaban J connectivity index is 1.79. The van der Waals surface area contributed by atoms with Crippen molar-refractivity contribution in [1.82, 2.24) is 4.31 Å². The highest BCUT2D eigenvalue weighted by molar-refractivity contribution is 7.91. The fraction of sp³-hybridized carbons (Fsp3) is 0.294. The summed E-state index contributed by atoms with van der Waals surface area (Å²) in [5, 5.41) is 0. The Morgan fingerprint density at radius 2 is 1.36 bits per heavy atom. The fourth-order valence-corrected chi connectivity index (χ4v) is 5.05. The zero-order chi connectivity index (χ0) is 18.1. The van der Waals surface area contributed by atoms with Crippen molar-refractivity contribution in [3.8, 4) is 0 Å². The van der Waals surface area contributed by atoms with Crippen LogP contribution >= 0.6 is 0 Å². The highest BCUT2D eigenvalue weighted by atomic mass is 32.2. The summed E-state index contributed by atoms with van der Waals surface area (Å²) in [5.74, 6) is 0. The number of hydrogen-bond acceptors (Lipinski definition) is 5. The van der Waals surface area contributed by atoms with Crippen molar-refractivity contribution in [2.45, 2.75) is 9.79 Å². The van der Waals surface area contributed by atoms with Gasteiger partial charge in [0.15, 0.2) is 9.84 Å². The smallest absolute Gasteiger partial charge is 0.243 e. The number of sulfone groups is 1. The van der Waals surface area contributed by atoms with E-state index in [0.29, 0.717) is 26.2 Å². The molecule has 0 aromatic heterocycles. The predicted molar refractivity (Wildman–Crippen MR) is 97.0 cm³/mol. The van der Waals surface area contributed by atoms with E-state index in [2.05, 4.69) is 4.90 Å². The Hall–Kier alpha value is -1.90. The number of para-hydroxylation sites is 1. The molecular weight excluding hydrogens is 360 g/mol. The largest absolute Gasteiger partial charge is 0.369 e. The van der Waals surface area contributed by atoms with Gasteiger partial charge >= 0.3 is 0 Å². The Morgan fingerprint density at radius 1 is 0.760 bits per heavy atom. The zero-order valence-electron chi connectivity index (χ0n) is 13.9. The van der Waals surface area contributed by atoms with Gasteiger partial charge in [0.2, 0.25) is 10.0 Å². The first-order valence-electron chi connectivity index (χ1n) is 7.89. The van der Waals surface area contributed by atoms with E-state index < -0.39 is 19.9 Å². The van der Waals surface area contributed by atoms with Gasteiger partial charge in [-0.2, -0.15) is 4.31 Å². The summed E-state index contributed by atoms with van der Waals surface area (Å²) in [6.45, 7) is 1.91. The molecule has 25 heavy (non-hydrogen) atoms. The first-order chi connectivity index (χ1) is 11.8. The van der Waals surface area contributed by atoms with Gasteiger partial charge in [-0.1, -0.05) is 24.3 Å². The zero-order valence-corrected chi connectivity index (χ0v) is 15.5. The third kappa shape index (κ3) is 3.86. The molecule has 3 rings (SSSR count). The van der Waals surface area contributed by atoms with Gasteiger partial charge in [-0.05, 0) is 30.3 Å². The van der Waals surface area contributed by atoms with Crippen molar-refractivity contribution in [2.75, 3.05) is 37.3 Å². The lowest BCUT2D eigenvalue weighted by Crippen LogP contribution is -2.48. The van der Waals surface area contributed by atoms with E-state index in [1.807, 2.05) is 30.3 Å². The molecule has 1 heterocycles. The van der Waals surface area contributed by atoms with Crippen molar-refractivity contribution in [2.24, 2.45) is 0 Å². The van der Waals surface area contributed by atoms with Gasteiger partial charge in [0, 0.05) is 38.1 Å². The third-order valence-corrected chi connectivity index (χ3v) is 7.24. The molecule has 134 valence electrons. The lowest BCUT2D eigenvalue weighted by Gasteiger charge is -2.35. The normalized spacial score (nSPS) is 16.8. The summed E-state index contributed by atoms with van der Waals surface area (Å²) < 4.78 is 50.4. The molecule has 1 aliphatic heterocycles. The molecule has 0 saturated carbocycles. The molecule has 0 aliphatic carbocycles. The Kier molecular flexibility index (Phi) is 4.86. The van der Waals surface area contributed by atoms with Gasteiger partial charge in [-0.15, -0.1) is 0 Å². The maximum atomic E-state index is 12.8. The van der Waals surface area contributed by atoms with Crippen LogP contribution in [0, 0.1) is 0 Å². The van der Waals surface area contributed by atoms with E-state index in [4.69, 9.17) is 0 Å². The van der Waals surface area contributed by atoms with Crippen LogP contribution in [0.2, 0.25) is 0 Å². The number of piperazine rings is 1. The van der Waals surface area contributed by atoms with Crippen LogP contribution in [0.1, 0.15) is 0 Å². The summed E-state index contributed by atoms with van der Waals surface area (Å²) in [6, 6.07) is 15.4. The molecule has 2 aromatic carbocycles. The summed E-state index contributed by atoms with van der Waals surface area (Å²) in [4.78, 5) is 2.17. The summed E-state index contributed by atoms with van der Waals surface area (Å²) >= 11 is 0. The lowest BCUT2D eigenvalue weighted by molar-refractivity contribution is 0.385. The van der Waals surface area contributed by atoms with Crippen LogP contribution in [0.25, 0.3) is 0 Å². The van der Waals surface area contributed by atoms with Gasteiger partial charge in [0.25, 0.3) is 0 Å². The molecule has 0 bridgehead atoms. The SMILES string of the molecule is CS(=O)(=O)c1cccc(S(=O)(=O)N2CCN(c3ccccc3)CC2)c1. The van der Waals surface area contributed by atoms with Crippen molar-refractivity contribution in [3.63, 3.8) is 0 Å². The molecule has 0 amide bonds. The second kappa shape index (κ2) is 6.78. The van der Waals surface area contributed by atoms with Crippen LogP contribution in [0.4, 0.5) is 5.69 Å². The molecule has 2 aromatic rings. The highest BCUT2D eigenvalue weighted by Crippen LogP contribution is 2.22. The summed E-state index contributed by atoms with van der Waals surface area (Å²) in [7, 11) is -7.16. The van der Waals surface area contributed by atoms with E-state index in [-0.39, 0.29) is 9.79 Å². The van der Waals surface area contributed by atoms with Crippen LogP contribution < -0.4 is 4.90 Å². The van der Waals surface area contributed by atoms with Crippen LogP contribution in [0.3, 0.4) is 0 Å². The van der Waals surface area contributed by atoms with Gasteiger partial charge in [-0.25, -0.2) is 16.8 Å². The second-order valence-corrected chi connectivity index (χ2v) is 9.93. The van der Waals surface area contributed by atoms with E-state index >= 15 is 0 Å². The van der Waals surface area contributed by atoms with E-state index in [1.54, 1.807) is 0 Å². The monoisotopic (exact) mass is 380 g/mol. The van der Waals surface area contributed by atoms with E-state index in [1.165, 1.54) is 28.6 Å². The molecule has 0 atom stereocenters. The standard InChI is InChI=1S/C17H20N2O4S2/c1-24(20,21)16-8-5-9-17(14-16)25(22,23)19-12-10-18(11-13-19)15-6-3-2-4-7-15/h2-9,14H,10-13H2,1H3. The predicted octanol–water partition coefficient (Wildman–Crippen LogP) is 1.60. The number of anilines is 1. The Labute approximate surface area is 148 Å². The number of rotatable bonds is 4. The van der Waals surface area contributed by atoms with Gasteiger partial charge in [0.05, 0.1) is 9.79 Å². The molecule has 8 heteroatoms. The van der Waals surface area contributed by atoms with Crippen LogP contribution in [0.15, 0.2) is 64.4 Å². The first kappa shape index (κ1) is 17.9. The number of nitrogens with zero attached hydrogens (tertiary/aromatic N) is 2. The number of hydrogen-bond donors (Lipinski definition) is 0. The molecule has 1 fully saturated rings. The van der Waals surface area contributed by atoms with Crippen molar-refractivity contribution in [3.05, 3.63) is 54.6 Å². The Morgan fingerprint density at radius 3 is 1.96 bits per heavy atom. The fourth-order valence-electron chi connectivity index (χ4n) is 2.84. The summed E-state index contributed by atoms with van der Waals surface area (Å²) in [6.07, 6.45) is 1.07. The molecule has 6 nitrogen and oxygen atoms in total. The molecule has 0 spiro atoms. The van der Waals surface area contributed by atoms with Crippen LogP contribution in [-0.2, 0) is 19.9 Å². The minimum atomic E-state index is -3.71. The number of sulfonamides is 1. The van der Waals surface area contributed by atoms with Crippen LogP contribution in [-0.4, -0.2) is 53.6 Å². The second-order valence-electron chi connectivity index (χ2n) is 5.97. The van der Waals surface area contributed by atoms with Crippen LogP contribution in [0.5, 0.6) is 0 Å². The van der Waals surface area contributed by atoms with Gasteiger partial charge < -0.3 is 4.90 Å². The van der Waals surface area contributed by atoms with Gasteiger partial charge in [-0.3, -0.25) is 0 Å². The highest BCUT2D eigenvalue weighted by Gasteiger charge is 2.29. The van der Waals surface area contributed by atoms with Crippen molar-refractivity contribution in [1.29, 1.82) is 0 Å². The van der Waals surface area contributed by atoms with Gasteiger partial charge in [0.1, 0.15) is 0 Å². The molecule has 0 unspecified atom stereocenters. The summed E-state index contributed by atoms with van der Waals surface area (Å²) in [5.41, 5.74) is 1.07. The molecule has 1 aliphatic rings. The molecule has 0 N–H and O–H groups in total. The Bertz CT molecular complexity index is 949. The minimum absolute atomic E-state index is 0.0106. The topological polar surface area (TPSA) is 74.8 Å². The maximum Gasteiger partial charge on any atom is 0.243 e. The maximum absolute atomic E-state index is 12.8. The quantitative estimate of drug-likeness (QED) is 0.805. The minimum Gasteiger partial charge on any atom is -0.369 e. The first-order valence-corrected chi connectivity index (χ1v) is 11.2. The molecular formula is C17H20N2O4S2. The molecule has 0 radical (unpaired) electrons.